The number of hydrogen-bond acceptors (Lipinski definition) is 7. The van der Waals surface area contributed by atoms with Gasteiger partial charge in [0.05, 0.1) is 10.9 Å². The first-order valence-electron chi connectivity index (χ1n) is 9.75. The van der Waals surface area contributed by atoms with E-state index in [1.165, 1.54) is 41.6 Å². The zero-order valence-electron chi connectivity index (χ0n) is 17.6. The second-order valence-corrected chi connectivity index (χ2v) is 8.89. The maximum Gasteiger partial charge on any atom is 0.263 e. The average Bonchev–Trinajstić information content (AvgIpc) is 2.75. The number of hydroxylamine groups is 1. The van der Waals surface area contributed by atoms with Crippen molar-refractivity contribution in [2.24, 2.45) is 0 Å². The highest BCUT2D eigenvalue weighted by atomic mass is 32.2. The zero-order chi connectivity index (χ0) is 23.2. The molecule has 10 nitrogen and oxygen atoms in total. The molecule has 0 spiro atoms. The van der Waals surface area contributed by atoms with Gasteiger partial charge in [-0.05, 0) is 37.6 Å². The molecule has 1 saturated heterocycles. The summed E-state index contributed by atoms with van der Waals surface area (Å²) in [5.41, 5.74) is 1.49. The Bertz CT molecular complexity index is 953. The van der Waals surface area contributed by atoms with Crippen molar-refractivity contribution < 1.29 is 33.1 Å². The number of sulfonamides is 1. The summed E-state index contributed by atoms with van der Waals surface area (Å²) >= 11 is 0. The minimum atomic E-state index is -4.10. The molecule has 0 aromatic heterocycles. The van der Waals surface area contributed by atoms with Gasteiger partial charge >= 0.3 is 0 Å². The van der Waals surface area contributed by atoms with Gasteiger partial charge < -0.3 is 14.7 Å². The summed E-state index contributed by atoms with van der Waals surface area (Å²) in [5, 5.41) is 18.5. The molecule has 1 aliphatic rings. The first-order chi connectivity index (χ1) is 14.6. The Morgan fingerprint density at radius 3 is 2.48 bits per heavy atom. The van der Waals surface area contributed by atoms with Gasteiger partial charge in [0.25, 0.3) is 5.91 Å². The quantitative estimate of drug-likeness (QED) is 0.312. The predicted octanol–water partition coefficient (Wildman–Crippen LogP) is -0.0450. The van der Waals surface area contributed by atoms with Gasteiger partial charge in [-0.25, -0.2) is 13.9 Å². The summed E-state index contributed by atoms with van der Waals surface area (Å²) < 4.78 is 32.8. The molecule has 3 unspecified atom stereocenters. The average molecular weight is 454 g/mol. The van der Waals surface area contributed by atoms with Crippen molar-refractivity contribution >= 4 is 21.8 Å². The van der Waals surface area contributed by atoms with Crippen molar-refractivity contribution in [2.75, 3.05) is 19.7 Å². The Labute approximate surface area is 181 Å². The van der Waals surface area contributed by atoms with Crippen LogP contribution in [0.25, 0.3) is 0 Å². The van der Waals surface area contributed by atoms with Gasteiger partial charge in [0.2, 0.25) is 15.9 Å². The highest BCUT2D eigenvalue weighted by Crippen LogP contribution is 2.26. The minimum Gasteiger partial charge on any atom is -0.481 e. The SMILES string of the molecule is CCC(O)C#CCOc1ccc(S(=O)(=O)N2CCN(C(C)=O)C(C)C2C(=O)NO)cc1. The third-order valence-electron chi connectivity index (χ3n) is 5.00. The molecule has 31 heavy (non-hydrogen) atoms. The van der Waals surface area contributed by atoms with Gasteiger partial charge in [-0.2, -0.15) is 4.31 Å². The Morgan fingerprint density at radius 2 is 1.94 bits per heavy atom. The number of nitrogens with one attached hydrogen (secondary N) is 1. The van der Waals surface area contributed by atoms with Crippen molar-refractivity contribution in [1.82, 2.24) is 14.7 Å². The largest absolute Gasteiger partial charge is 0.481 e. The lowest BCUT2D eigenvalue weighted by Crippen LogP contribution is -2.65. The summed E-state index contributed by atoms with van der Waals surface area (Å²) in [6, 6.07) is 3.54. The van der Waals surface area contributed by atoms with Crippen LogP contribution < -0.4 is 10.2 Å². The van der Waals surface area contributed by atoms with Crippen molar-refractivity contribution in [1.29, 1.82) is 0 Å². The van der Waals surface area contributed by atoms with Crippen molar-refractivity contribution in [3.05, 3.63) is 24.3 Å². The van der Waals surface area contributed by atoms with E-state index in [0.717, 1.165) is 4.31 Å². The van der Waals surface area contributed by atoms with E-state index < -0.39 is 34.1 Å². The summed E-state index contributed by atoms with van der Waals surface area (Å²) in [5.74, 6) is 4.46. The summed E-state index contributed by atoms with van der Waals surface area (Å²) in [4.78, 5) is 25.4. The second-order valence-electron chi connectivity index (χ2n) is 6.99. The fourth-order valence-corrected chi connectivity index (χ4v) is 4.96. The lowest BCUT2D eigenvalue weighted by atomic mass is 10.0. The van der Waals surface area contributed by atoms with Gasteiger partial charge in [0.15, 0.2) is 0 Å². The van der Waals surface area contributed by atoms with E-state index in [9.17, 15) is 23.1 Å². The second kappa shape index (κ2) is 10.6. The Balaban J connectivity index is 2.21. The standard InChI is InChI=1S/C20H27N3O7S/c1-4-16(25)6-5-13-30-17-7-9-18(10-8-17)31(28,29)23-12-11-22(15(3)24)14(2)19(23)20(26)21-27/h7-10,14,16,19,25,27H,4,11-13H2,1-3H3,(H,21,26). The van der Waals surface area contributed by atoms with Crippen LogP contribution in [0.4, 0.5) is 0 Å². The molecule has 1 heterocycles. The van der Waals surface area contributed by atoms with Crippen molar-refractivity contribution in [2.45, 2.75) is 50.3 Å². The van der Waals surface area contributed by atoms with E-state index in [2.05, 4.69) is 11.8 Å². The first-order valence-corrected chi connectivity index (χ1v) is 11.2. The van der Waals surface area contributed by atoms with Crippen LogP contribution in [-0.4, -0.2) is 77.6 Å². The Hall–Kier alpha value is -2.65. The zero-order valence-corrected chi connectivity index (χ0v) is 18.4. The number of carbonyl (C=O) groups excluding carboxylic acids is 2. The highest BCUT2D eigenvalue weighted by Gasteiger charge is 2.45. The van der Waals surface area contributed by atoms with Crippen LogP contribution in [0.3, 0.4) is 0 Å². The summed E-state index contributed by atoms with van der Waals surface area (Å²) in [6.45, 7) is 4.74. The number of ether oxygens (including phenoxy) is 1. The monoisotopic (exact) mass is 453 g/mol. The van der Waals surface area contributed by atoms with Crippen LogP contribution in [0, 0.1) is 11.8 Å². The molecule has 3 atom stereocenters. The molecule has 1 aromatic carbocycles. The number of nitrogens with zero attached hydrogens (tertiary/aromatic N) is 2. The van der Waals surface area contributed by atoms with Crippen molar-refractivity contribution in [3.63, 3.8) is 0 Å². The van der Waals surface area contributed by atoms with E-state index >= 15 is 0 Å². The lowest BCUT2D eigenvalue weighted by molar-refractivity contribution is -0.142. The molecule has 3 N–H and O–H groups in total. The fraction of sp³-hybridized carbons (Fsp3) is 0.500. The van der Waals surface area contributed by atoms with Gasteiger partial charge in [-0.1, -0.05) is 18.8 Å². The van der Waals surface area contributed by atoms with Crippen molar-refractivity contribution in [3.8, 4) is 17.6 Å². The van der Waals surface area contributed by atoms with E-state index in [-0.39, 0.29) is 30.5 Å². The Morgan fingerprint density at radius 1 is 1.29 bits per heavy atom. The van der Waals surface area contributed by atoms with Crippen LogP contribution in [0.5, 0.6) is 5.75 Å². The maximum absolute atomic E-state index is 13.2. The molecule has 0 bridgehead atoms. The summed E-state index contributed by atoms with van der Waals surface area (Å²) in [7, 11) is -4.10. The topological polar surface area (TPSA) is 136 Å². The third kappa shape index (κ3) is 5.74. The molecule has 0 saturated carbocycles. The number of benzene rings is 1. The molecule has 2 amide bonds. The number of amides is 2. The van der Waals surface area contributed by atoms with Crippen LogP contribution in [0.2, 0.25) is 0 Å². The number of hydrogen-bond donors (Lipinski definition) is 3. The van der Waals surface area contributed by atoms with Crippen LogP contribution in [0.1, 0.15) is 27.2 Å². The molecule has 2 rings (SSSR count). The molecule has 1 aliphatic heterocycles. The number of aliphatic hydroxyl groups excluding tert-OH is 1. The van der Waals surface area contributed by atoms with E-state index in [4.69, 9.17) is 9.94 Å². The summed E-state index contributed by atoms with van der Waals surface area (Å²) in [6.07, 6.45) is -0.209. The van der Waals surface area contributed by atoms with E-state index in [1.807, 2.05) is 0 Å². The van der Waals surface area contributed by atoms with E-state index in [1.54, 1.807) is 13.8 Å². The molecule has 0 radical (unpaired) electrons. The van der Waals surface area contributed by atoms with Crippen LogP contribution >= 0.6 is 0 Å². The maximum atomic E-state index is 13.2. The molecule has 1 aromatic rings. The lowest BCUT2D eigenvalue weighted by Gasteiger charge is -2.43. The highest BCUT2D eigenvalue weighted by molar-refractivity contribution is 7.89. The van der Waals surface area contributed by atoms with Gasteiger partial charge in [0.1, 0.15) is 24.5 Å². The fourth-order valence-electron chi connectivity index (χ4n) is 3.31. The number of piperazine rings is 1. The molecular formula is C20H27N3O7S. The van der Waals surface area contributed by atoms with Crippen LogP contribution in [0.15, 0.2) is 29.2 Å². The number of carbonyl (C=O) groups is 2. The molecular weight excluding hydrogens is 426 g/mol. The van der Waals surface area contributed by atoms with E-state index in [0.29, 0.717) is 12.2 Å². The van der Waals surface area contributed by atoms with Crippen LogP contribution in [-0.2, 0) is 19.6 Å². The molecule has 11 heteroatoms. The predicted molar refractivity (Wildman–Crippen MR) is 110 cm³/mol. The number of rotatable bonds is 6. The first kappa shape index (κ1) is 24.6. The third-order valence-corrected chi connectivity index (χ3v) is 6.90. The minimum absolute atomic E-state index is 0.0341. The smallest absolute Gasteiger partial charge is 0.263 e. The molecule has 170 valence electrons. The number of aliphatic hydroxyl groups is 1. The van der Waals surface area contributed by atoms with Gasteiger partial charge in [0, 0.05) is 20.0 Å². The molecule has 0 aliphatic carbocycles. The Kier molecular flexibility index (Phi) is 8.41. The van der Waals surface area contributed by atoms with Gasteiger partial charge in [-0.15, -0.1) is 0 Å². The van der Waals surface area contributed by atoms with Gasteiger partial charge in [-0.3, -0.25) is 14.8 Å². The normalized spacial score (nSPS) is 20.4. The molecule has 1 fully saturated rings.